The Labute approximate surface area is 214 Å². The molecule has 1 unspecified atom stereocenters. The molecule has 2 aromatic rings. The smallest absolute Gasteiger partial charge is 0.334 e. The maximum Gasteiger partial charge on any atom is 0.334 e. The van der Waals surface area contributed by atoms with Crippen molar-refractivity contribution in [2.24, 2.45) is 0 Å². The number of piperazine rings is 1. The molecule has 0 radical (unpaired) electrons. The minimum absolute atomic E-state index is 0.00971. The highest BCUT2D eigenvalue weighted by atomic mass is 19.1. The van der Waals surface area contributed by atoms with Crippen LogP contribution in [0.5, 0.6) is 0 Å². The van der Waals surface area contributed by atoms with Crippen molar-refractivity contribution >= 4 is 23.8 Å². The Bertz CT molecular complexity index is 1160. The maximum atomic E-state index is 13.6. The van der Waals surface area contributed by atoms with Crippen molar-refractivity contribution in [1.29, 1.82) is 0 Å². The Kier molecular flexibility index (Phi) is 7.72. The Hall–Kier alpha value is -3.99. The predicted octanol–water partition coefficient (Wildman–Crippen LogP) is 2.19. The number of carbonyl (C=O) groups excluding carboxylic acids is 3. The largest absolute Gasteiger partial charge is 0.481 e. The molecule has 2 saturated heterocycles. The van der Waals surface area contributed by atoms with E-state index in [0.29, 0.717) is 5.56 Å². The molecule has 11 heteroatoms. The fourth-order valence-electron chi connectivity index (χ4n) is 4.93. The number of carboxylic acid groups (broad SMARTS) is 1. The summed E-state index contributed by atoms with van der Waals surface area (Å²) in [7, 11) is 1.62. The van der Waals surface area contributed by atoms with Crippen LogP contribution in [0.4, 0.5) is 9.18 Å². The van der Waals surface area contributed by atoms with Gasteiger partial charge in [-0.15, -0.1) is 0 Å². The molecule has 0 bridgehead atoms. The Morgan fingerprint density at radius 1 is 1.11 bits per heavy atom. The van der Waals surface area contributed by atoms with E-state index >= 15 is 0 Å². The first-order valence-electron chi connectivity index (χ1n) is 12.1. The van der Waals surface area contributed by atoms with Crippen molar-refractivity contribution < 1.29 is 28.7 Å². The van der Waals surface area contributed by atoms with E-state index in [-0.39, 0.29) is 38.4 Å². The number of hydrogen-bond acceptors (Lipinski definition) is 5. The molecule has 0 spiro atoms. The van der Waals surface area contributed by atoms with E-state index in [0.717, 1.165) is 5.56 Å². The number of aliphatic carboxylic acids is 1. The molecule has 37 heavy (non-hydrogen) atoms. The number of nitrogens with zero attached hydrogens (tertiary/aromatic N) is 4. The number of likely N-dealkylation sites (N-methyl/N-ethyl adjacent to an activating group) is 1. The second kappa shape index (κ2) is 11.0. The number of benzene rings is 2. The molecule has 4 rings (SSSR count). The maximum absolute atomic E-state index is 13.6. The zero-order valence-corrected chi connectivity index (χ0v) is 20.7. The molecule has 0 aromatic heterocycles. The monoisotopic (exact) mass is 511 g/mol. The number of hydrogen-bond donors (Lipinski definition) is 2. The number of fused-ring (bicyclic) bond motifs is 1. The number of amides is 4. The Balaban J connectivity index is 1.65. The van der Waals surface area contributed by atoms with E-state index in [2.05, 4.69) is 5.32 Å². The first-order chi connectivity index (χ1) is 17.7. The summed E-state index contributed by atoms with van der Waals surface area (Å²) < 4.78 is 13.5. The summed E-state index contributed by atoms with van der Waals surface area (Å²) in [6, 6.07) is 13.1. The Morgan fingerprint density at radius 2 is 1.78 bits per heavy atom. The van der Waals surface area contributed by atoms with Crippen LogP contribution in [0.3, 0.4) is 0 Å². The van der Waals surface area contributed by atoms with Crippen LogP contribution in [0.2, 0.25) is 0 Å². The molecule has 2 aliphatic heterocycles. The van der Waals surface area contributed by atoms with E-state index in [4.69, 9.17) is 0 Å². The van der Waals surface area contributed by atoms with Crippen LogP contribution in [0, 0.1) is 5.82 Å². The molecule has 2 aromatic carbocycles. The van der Waals surface area contributed by atoms with Crippen molar-refractivity contribution in [2.75, 3.05) is 20.1 Å². The fraction of sp³-hybridized carbons (Fsp3) is 0.385. The molecule has 2 aliphatic rings. The van der Waals surface area contributed by atoms with Gasteiger partial charge in [-0.3, -0.25) is 14.4 Å². The third-order valence-corrected chi connectivity index (χ3v) is 6.83. The van der Waals surface area contributed by atoms with Gasteiger partial charge in [0.1, 0.15) is 18.0 Å². The molecule has 10 nitrogen and oxygen atoms in total. The van der Waals surface area contributed by atoms with Gasteiger partial charge in [0.15, 0.2) is 0 Å². The van der Waals surface area contributed by atoms with Crippen LogP contribution in [0.15, 0.2) is 54.6 Å². The number of halogens is 1. The number of nitrogens with one attached hydrogen (secondary N) is 1. The number of carbonyl (C=O) groups is 4. The lowest BCUT2D eigenvalue weighted by atomic mass is 9.98. The van der Waals surface area contributed by atoms with Crippen LogP contribution >= 0.6 is 0 Å². The first-order valence-corrected chi connectivity index (χ1v) is 12.1. The summed E-state index contributed by atoms with van der Waals surface area (Å²) in [5, 5.41) is 15.1. The zero-order chi connectivity index (χ0) is 26.7. The van der Waals surface area contributed by atoms with Crippen molar-refractivity contribution in [3.8, 4) is 0 Å². The predicted molar refractivity (Wildman–Crippen MR) is 131 cm³/mol. The molecular weight excluding hydrogens is 481 g/mol. The second-order valence-corrected chi connectivity index (χ2v) is 9.25. The summed E-state index contributed by atoms with van der Waals surface area (Å²) >= 11 is 0. The van der Waals surface area contributed by atoms with E-state index in [1.807, 2.05) is 30.3 Å². The van der Waals surface area contributed by atoms with Gasteiger partial charge in [0.2, 0.25) is 11.8 Å². The quantitative estimate of drug-likeness (QED) is 0.589. The van der Waals surface area contributed by atoms with Crippen molar-refractivity contribution in [1.82, 2.24) is 25.1 Å². The van der Waals surface area contributed by atoms with Crippen LogP contribution in [0.1, 0.15) is 36.9 Å². The van der Waals surface area contributed by atoms with Gasteiger partial charge < -0.3 is 20.2 Å². The number of hydrazine groups is 1. The molecule has 2 fully saturated rings. The highest BCUT2D eigenvalue weighted by Crippen LogP contribution is 2.32. The molecule has 0 saturated carbocycles. The lowest BCUT2D eigenvalue weighted by molar-refractivity contribution is -0.189. The topological polar surface area (TPSA) is 114 Å². The van der Waals surface area contributed by atoms with Gasteiger partial charge in [-0.1, -0.05) is 42.5 Å². The summed E-state index contributed by atoms with van der Waals surface area (Å²) in [5.41, 5.74) is 1.57. The van der Waals surface area contributed by atoms with Crippen LogP contribution < -0.4 is 5.32 Å². The van der Waals surface area contributed by atoms with E-state index < -0.39 is 42.0 Å². The van der Waals surface area contributed by atoms with Gasteiger partial charge in [-0.25, -0.2) is 19.2 Å². The highest BCUT2D eigenvalue weighted by molar-refractivity contribution is 5.92. The van der Waals surface area contributed by atoms with Crippen LogP contribution in [-0.2, 0) is 20.9 Å². The molecular formula is C26H30FN5O5. The van der Waals surface area contributed by atoms with Gasteiger partial charge in [-0.2, -0.15) is 0 Å². The number of urea groups is 1. The van der Waals surface area contributed by atoms with E-state index in [1.165, 1.54) is 32.0 Å². The fourth-order valence-corrected chi connectivity index (χ4v) is 4.93. The normalized spacial score (nSPS) is 21.0. The van der Waals surface area contributed by atoms with E-state index in [1.54, 1.807) is 26.1 Å². The third kappa shape index (κ3) is 5.56. The standard InChI is InChI=1S/C26H30FN5O5/c1-17(19-8-10-20(27)11-9-19)30-15-22-31(21(25(30)36)12-13-24(34)35)23(33)16-29(2)32(22)26(37)28-14-18-6-4-3-5-7-18/h3-11,17,21-22H,12-16H2,1-2H3,(H,28,37)(H,34,35)/t17?,21-,22-/m0/s1. The molecule has 2 heterocycles. The van der Waals surface area contributed by atoms with Crippen LogP contribution in [-0.4, -0.2) is 81.1 Å². The summed E-state index contributed by atoms with van der Waals surface area (Å²) in [6.45, 7) is 1.92. The number of rotatable bonds is 7. The van der Waals surface area contributed by atoms with Crippen molar-refractivity contribution in [3.63, 3.8) is 0 Å². The van der Waals surface area contributed by atoms with Crippen LogP contribution in [0.25, 0.3) is 0 Å². The van der Waals surface area contributed by atoms with E-state index in [9.17, 15) is 28.7 Å². The SMILES string of the molecule is CC(c1ccc(F)cc1)N1C[C@H]2N(C(=O)CN(C)N2C(=O)NCc2ccccc2)[C@@H](CCC(=O)O)C1=O. The zero-order valence-electron chi connectivity index (χ0n) is 20.7. The number of carboxylic acids is 1. The minimum atomic E-state index is -1.09. The van der Waals surface area contributed by atoms with Gasteiger partial charge in [0.05, 0.1) is 19.1 Å². The lowest BCUT2D eigenvalue weighted by Crippen LogP contribution is -2.76. The summed E-state index contributed by atoms with van der Waals surface area (Å²) in [4.78, 5) is 54.4. The van der Waals surface area contributed by atoms with Gasteiger partial charge >= 0.3 is 12.0 Å². The van der Waals surface area contributed by atoms with Gasteiger partial charge in [-0.05, 0) is 36.6 Å². The van der Waals surface area contributed by atoms with Gasteiger partial charge in [0, 0.05) is 20.0 Å². The molecule has 2 N–H and O–H groups in total. The van der Waals surface area contributed by atoms with Crippen molar-refractivity contribution in [2.45, 2.75) is 44.6 Å². The van der Waals surface area contributed by atoms with Gasteiger partial charge in [0.25, 0.3) is 0 Å². The first kappa shape index (κ1) is 26.1. The Morgan fingerprint density at radius 3 is 2.43 bits per heavy atom. The average molecular weight is 512 g/mol. The summed E-state index contributed by atoms with van der Waals surface area (Å²) in [6.07, 6.45) is -1.25. The lowest BCUT2D eigenvalue weighted by Gasteiger charge is -2.55. The minimum Gasteiger partial charge on any atom is -0.481 e. The van der Waals surface area contributed by atoms with Crippen molar-refractivity contribution in [3.05, 3.63) is 71.5 Å². The molecule has 3 atom stereocenters. The highest BCUT2D eigenvalue weighted by Gasteiger charge is 2.51. The molecule has 4 amide bonds. The molecule has 196 valence electrons. The summed E-state index contributed by atoms with van der Waals surface area (Å²) in [5.74, 6) is -2.27. The molecule has 0 aliphatic carbocycles. The third-order valence-electron chi connectivity index (χ3n) is 6.83. The average Bonchev–Trinajstić information content (AvgIpc) is 2.87. The second-order valence-electron chi connectivity index (χ2n) is 9.25.